The van der Waals surface area contributed by atoms with E-state index in [9.17, 15) is 0 Å². The van der Waals surface area contributed by atoms with E-state index in [4.69, 9.17) is 16.7 Å². The van der Waals surface area contributed by atoms with E-state index < -0.39 is 0 Å². The Morgan fingerprint density at radius 1 is 1.44 bits per heavy atom. The van der Waals surface area contributed by atoms with Crippen LogP contribution in [0.4, 0.5) is 11.9 Å². The highest BCUT2D eigenvalue weighted by molar-refractivity contribution is 6.28. The Labute approximate surface area is 98.7 Å². The van der Waals surface area contributed by atoms with Crippen molar-refractivity contribution in [2.75, 3.05) is 30.4 Å². The van der Waals surface area contributed by atoms with Crippen molar-refractivity contribution in [3.63, 3.8) is 0 Å². The van der Waals surface area contributed by atoms with Crippen molar-refractivity contribution in [2.24, 2.45) is 0 Å². The molecule has 7 heteroatoms. The maximum Gasteiger partial charge on any atom is 0.231 e. The molecule has 0 saturated heterocycles. The van der Waals surface area contributed by atoms with Gasteiger partial charge in [-0.3, -0.25) is 0 Å². The van der Waals surface area contributed by atoms with E-state index in [1.807, 2.05) is 4.90 Å². The Morgan fingerprint density at radius 2 is 2.19 bits per heavy atom. The topological polar surface area (TPSA) is 74.2 Å². The molecule has 1 aliphatic rings. The lowest BCUT2D eigenvalue weighted by Crippen LogP contribution is -2.31. The van der Waals surface area contributed by atoms with Crippen LogP contribution in [-0.4, -0.2) is 46.3 Å². The maximum atomic E-state index is 9.01. The van der Waals surface area contributed by atoms with Crippen LogP contribution in [0.3, 0.4) is 0 Å². The maximum absolute atomic E-state index is 9.01. The van der Waals surface area contributed by atoms with E-state index in [1.54, 1.807) is 7.05 Å². The van der Waals surface area contributed by atoms with E-state index in [2.05, 4.69) is 20.3 Å². The van der Waals surface area contributed by atoms with E-state index >= 15 is 0 Å². The van der Waals surface area contributed by atoms with E-state index in [0.29, 0.717) is 24.5 Å². The lowest BCUT2D eigenvalue weighted by Gasteiger charge is -2.21. The highest BCUT2D eigenvalue weighted by atomic mass is 35.5. The number of hydrogen-bond donors (Lipinski definition) is 2. The monoisotopic (exact) mass is 243 g/mol. The van der Waals surface area contributed by atoms with Gasteiger partial charge in [-0.05, 0) is 24.4 Å². The summed E-state index contributed by atoms with van der Waals surface area (Å²) in [7, 11) is 1.73. The molecule has 0 aromatic carbocycles. The number of aliphatic hydroxyl groups excluding tert-OH is 1. The molecule has 16 heavy (non-hydrogen) atoms. The standard InChI is InChI=1S/C9H14ClN5O/c1-11-8-12-7(10)13-9(14-8)15(4-5-16)6-2-3-6/h6,16H,2-5H2,1H3,(H,11,12,13,14). The molecule has 1 aromatic heterocycles. The molecule has 0 bridgehead atoms. The van der Waals surface area contributed by atoms with Crippen LogP contribution in [0.25, 0.3) is 0 Å². The predicted molar refractivity (Wildman–Crippen MR) is 61.8 cm³/mol. The largest absolute Gasteiger partial charge is 0.395 e. The number of rotatable bonds is 5. The van der Waals surface area contributed by atoms with Crippen molar-refractivity contribution in [2.45, 2.75) is 18.9 Å². The molecule has 0 amide bonds. The van der Waals surface area contributed by atoms with Crippen LogP contribution >= 0.6 is 11.6 Å². The van der Waals surface area contributed by atoms with Crippen LogP contribution in [-0.2, 0) is 0 Å². The quantitative estimate of drug-likeness (QED) is 0.786. The molecular weight excluding hydrogens is 230 g/mol. The molecule has 6 nitrogen and oxygen atoms in total. The molecule has 1 aliphatic carbocycles. The Kier molecular flexibility index (Phi) is 3.40. The van der Waals surface area contributed by atoms with Gasteiger partial charge in [0.1, 0.15) is 0 Å². The second kappa shape index (κ2) is 4.80. The first-order chi connectivity index (χ1) is 7.74. The Morgan fingerprint density at radius 3 is 2.75 bits per heavy atom. The fourth-order valence-electron chi connectivity index (χ4n) is 1.52. The Bertz CT molecular complexity index is 371. The molecular formula is C9H14ClN5O. The number of nitrogens with one attached hydrogen (secondary N) is 1. The third-order valence-electron chi connectivity index (χ3n) is 2.41. The Balaban J connectivity index is 2.25. The van der Waals surface area contributed by atoms with Crippen molar-refractivity contribution in [1.29, 1.82) is 0 Å². The van der Waals surface area contributed by atoms with Crippen LogP contribution < -0.4 is 10.2 Å². The lowest BCUT2D eigenvalue weighted by atomic mass is 10.5. The molecule has 88 valence electrons. The minimum absolute atomic E-state index is 0.0781. The normalized spacial score (nSPS) is 14.9. The SMILES string of the molecule is CNc1nc(Cl)nc(N(CCO)C2CC2)n1. The Hall–Kier alpha value is -1.14. The highest BCUT2D eigenvalue weighted by Crippen LogP contribution is 2.30. The molecule has 0 aliphatic heterocycles. The zero-order valence-corrected chi connectivity index (χ0v) is 9.78. The van der Waals surface area contributed by atoms with Crippen LogP contribution in [0.1, 0.15) is 12.8 Å². The molecule has 1 aromatic rings. The number of halogens is 1. The van der Waals surface area contributed by atoms with Gasteiger partial charge in [-0.1, -0.05) is 0 Å². The van der Waals surface area contributed by atoms with Crippen LogP contribution in [0.5, 0.6) is 0 Å². The minimum Gasteiger partial charge on any atom is -0.395 e. The number of anilines is 2. The minimum atomic E-state index is 0.0781. The van der Waals surface area contributed by atoms with Crippen molar-refractivity contribution in [3.05, 3.63) is 5.28 Å². The smallest absolute Gasteiger partial charge is 0.231 e. The first kappa shape index (κ1) is 11.3. The number of aromatic nitrogens is 3. The molecule has 0 radical (unpaired) electrons. The molecule has 0 spiro atoms. The molecule has 1 heterocycles. The lowest BCUT2D eigenvalue weighted by molar-refractivity contribution is 0.300. The first-order valence-corrected chi connectivity index (χ1v) is 5.59. The summed E-state index contributed by atoms with van der Waals surface area (Å²) in [4.78, 5) is 14.2. The summed E-state index contributed by atoms with van der Waals surface area (Å²) < 4.78 is 0. The fraction of sp³-hybridized carbons (Fsp3) is 0.667. The van der Waals surface area contributed by atoms with Crippen molar-refractivity contribution < 1.29 is 5.11 Å². The summed E-state index contributed by atoms with van der Waals surface area (Å²) in [5.74, 6) is 0.972. The van der Waals surface area contributed by atoms with Gasteiger partial charge in [-0.2, -0.15) is 15.0 Å². The molecule has 0 unspecified atom stereocenters. The molecule has 2 rings (SSSR count). The second-order valence-electron chi connectivity index (χ2n) is 3.63. The molecule has 0 atom stereocenters. The summed E-state index contributed by atoms with van der Waals surface area (Å²) in [5.41, 5.74) is 0. The van der Waals surface area contributed by atoms with Gasteiger partial charge >= 0.3 is 0 Å². The van der Waals surface area contributed by atoms with Crippen molar-refractivity contribution in [3.8, 4) is 0 Å². The van der Waals surface area contributed by atoms with E-state index in [-0.39, 0.29) is 11.9 Å². The summed E-state index contributed by atoms with van der Waals surface area (Å²) >= 11 is 5.81. The van der Waals surface area contributed by atoms with Crippen LogP contribution in [0, 0.1) is 0 Å². The molecule has 1 saturated carbocycles. The number of nitrogens with zero attached hydrogens (tertiary/aromatic N) is 4. The van der Waals surface area contributed by atoms with Gasteiger partial charge in [0.25, 0.3) is 0 Å². The summed E-state index contributed by atoms with van der Waals surface area (Å²) in [5, 5.41) is 12.0. The van der Waals surface area contributed by atoms with Crippen LogP contribution in [0.2, 0.25) is 5.28 Å². The third-order valence-corrected chi connectivity index (χ3v) is 2.57. The summed E-state index contributed by atoms with van der Waals surface area (Å²) in [6.45, 7) is 0.600. The van der Waals surface area contributed by atoms with Gasteiger partial charge in [0.2, 0.25) is 17.2 Å². The third kappa shape index (κ3) is 2.51. The van der Waals surface area contributed by atoms with Crippen molar-refractivity contribution in [1.82, 2.24) is 15.0 Å². The zero-order chi connectivity index (χ0) is 11.5. The molecule has 2 N–H and O–H groups in total. The van der Waals surface area contributed by atoms with Crippen LogP contribution in [0.15, 0.2) is 0 Å². The van der Waals surface area contributed by atoms with Gasteiger partial charge in [-0.15, -0.1) is 0 Å². The predicted octanol–water partition coefficient (Wildman–Crippen LogP) is 0.528. The average Bonchev–Trinajstić information content (AvgIpc) is 3.08. The first-order valence-electron chi connectivity index (χ1n) is 5.21. The van der Waals surface area contributed by atoms with Crippen molar-refractivity contribution >= 4 is 23.5 Å². The highest BCUT2D eigenvalue weighted by Gasteiger charge is 2.30. The fourth-order valence-corrected chi connectivity index (χ4v) is 1.68. The van der Waals surface area contributed by atoms with E-state index in [0.717, 1.165) is 12.8 Å². The average molecular weight is 244 g/mol. The zero-order valence-electron chi connectivity index (χ0n) is 9.02. The summed E-state index contributed by atoms with van der Waals surface area (Å²) in [6.07, 6.45) is 2.22. The number of hydrogen-bond acceptors (Lipinski definition) is 6. The second-order valence-corrected chi connectivity index (χ2v) is 3.96. The number of aliphatic hydroxyl groups is 1. The summed E-state index contributed by atoms with van der Waals surface area (Å²) in [6, 6.07) is 0.426. The van der Waals surface area contributed by atoms with Gasteiger partial charge in [0.15, 0.2) is 0 Å². The van der Waals surface area contributed by atoms with E-state index in [1.165, 1.54) is 0 Å². The van der Waals surface area contributed by atoms with Gasteiger partial charge in [0.05, 0.1) is 6.61 Å². The van der Waals surface area contributed by atoms with Gasteiger partial charge in [0, 0.05) is 19.6 Å². The van der Waals surface area contributed by atoms with Gasteiger partial charge in [-0.25, -0.2) is 0 Å². The van der Waals surface area contributed by atoms with Gasteiger partial charge < -0.3 is 15.3 Å². The molecule has 1 fully saturated rings.